The van der Waals surface area contributed by atoms with Crippen molar-refractivity contribution in [2.24, 2.45) is 13.0 Å². The van der Waals surface area contributed by atoms with Crippen molar-refractivity contribution in [3.63, 3.8) is 0 Å². The molecule has 0 aromatic carbocycles. The third-order valence-corrected chi connectivity index (χ3v) is 5.11. The van der Waals surface area contributed by atoms with E-state index in [-0.39, 0.29) is 0 Å². The molecule has 0 bridgehead atoms. The van der Waals surface area contributed by atoms with Crippen LogP contribution >= 0.6 is 11.8 Å². The van der Waals surface area contributed by atoms with Crippen LogP contribution in [0.4, 0.5) is 0 Å². The first-order valence-electron chi connectivity index (χ1n) is 7.03. The first-order valence-corrected chi connectivity index (χ1v) is 8.02. The molecule has 0 spiro atoms. The molecule has 0 radical (unpaired) electrons. The molecule has 21 heavy (non-hydrogen) atoms. The smallest absolute Gasteiger partial charge is 0.296 e. The van der Waals surface area contributed by atoms with Gasteiger partial charge in [0, 0.05) is 18.8 Å². The molecular formula is C13H17N5O2S. The second kappa shape index (κ2) is 5.31. The minimum absolute atomic E-state index is 0.371. The quantitative estimate of drug-likeness (QED) is 0.566. The van der Waals surface area contributed by atoms with Crippen LogP contribution in [0.2, 0.25) is 0 Å². The van der Waals surface area contributed by atoms with E-state index in [9.17, 15) is 14.9 Å². The van der Waals surface area contributed by atoms with Gasteiger partial charge in [-0.15, -0.1) is 0 Å². The molecule has 2 fully saturated rings. The van der Waals surface area contributed by atoms with E-state index >= 15 is 0 Å². The highest BCUT2D eigenvalue weighted by molar-refractivity contribution is 7.99. The summed E-state index contributed by atoms with van der Waals surface area (Å²) >= 11 is 1.34. The lowest BCUT2D eigenvalue weighted by molar-refractivity contribution is 0.401. The maximum absolute atomic E-state index is 11.4. The van der Waals surface area contributed by atoms with Crippen molar-refractivity contribution in [3.8, 4) is 6.07 Å². The van der Waals surface area contributed by atoms with Gasteiger partial charge in [-0.3, -0.25) is 24.7 Å². The Balaban J connectivity index is 1.78. The Bertz CT molecular complexity index is 698. The fraction of sp³-hybridized carbons (Fsp3) is 0.692. The zero-order valence-electron chi connectivity index (χ0n) is 11.8. The molecule has 1 atom stereocenters. The van der Waals surface area contributed by atoms with E-state index in [4.69, 9.17) is 0 Å². The van der Waals surface area contributed by atoms with Crippen molar-refractivity contribution in [2.75, 3.05) is 5.75 Å². The Hall–Kier alpha value is -1.59. The van der Waals surface area contributed by atoms with Gasteiger partial charge in [0.2, 0.25) is 0 Å². The predicted molar refractivity (Wildman–Crippen MR) is 78.0 cm³/mol. The Morgan fingerprint density at radius 2 is 2.19 bits per heavy atom. The molecule has 0 amide bonds. The molecule has 7 nitrogen and oxygen atoms in total. The second-order valence-electron chi connectivity index (χ2n) is 5.76. The zero-order valence-corrected chi connectivity index (χ0v) is 12.6. The van der Waals surface area contributed by atoms with Crippen LogP contribution in [-0.2, 0) is 7.05 Å². The van der Waals surface area contributed by atoms with E-state index in [2.05, 4.69) is 21.5 Å². The van der Waals surface area contributed by atoms with Gasteiger partial charge < -0.3 is 0 Å². The lowest BCUT2D eigenvalue weighted by atomic mass is 9.97. The third kappa shape index (κ3) is 3.04. The van der Waals surface area contributed by atoms with Gasteiger partial charge in [-0.1, -0.05) is 11.8 Å². The minimum atomic E-state index is -0.792. The number of nitriles is 1. The van der Waals surface area contributed by atoms with Gasteiger partial charge in [-0.2, -0.15) is 10.2 Å². The van der Waals surface area contributed by atoms with Crippen LogP contribution in [0.15, 0.2) is 14.7 Å². The van der Waals surface area contributed by atoms with Crippen molar-refractivity contribution in [3.05, 3.63) is 20.7 Å². The number of aromatic nitrogens is 3. The van der Waals surface area contributed by atoms with Crippen LogP contribution in [0.3, 0.4) is 0 Å². The van der Waals surface area contributed by atoms with Crippen LogP contribution in [-0.4, -0.2) is 32.1 Å². The number of rotatable bonds is 6. The molecule has 112 valence electrons. The van der Waals surface area contributed by atoms with Crippen molar-refractivity contribution >= 4 is 11.8 Å². The van der Waals surface area contributed by atoms with Crippen molar-refractivity contribution < 1.29 is 0 Å². The molecule has 2 aliphatic carbocycles. The van der Waals surface area contributed by atoms with Gasteiger partial charge >= 0.3 is 11.1 Å². The molecule has 0 saturated heterocycles. The molecule has 1 aromatic heterocycles. The van der Waals surface area contributed by atoms with Crippen molar-refractivity contribution in [1.82, 2.24) is 20.1 Å². The molecule has 1 unspecified atom stereocenters. The zero-order chi connectivity index (χ0) is 15.0. The summed E-state index contributed by atoms with van der Waals surface area (Å²) in [7, 11) is 1.63. The first-order chi connectivity index (χ1) is 10.0. The normalized spacial score (nSPS) is 20.8. The Morgan fingerprint density at radius 1 is 1.48 bits per heavy atom. The highest BCUT2D eigenvalue weighted by Crippen LogP contribution is 2.43. The lowest BCUT2D eigenvalue weighted by Crippen LogP contribution is -2.49. The Morgan fingerprint density at radius 3 is 2.76 bits per heavy atom. The maximum Gasteiger partial charge on any atom is 0.339 e. The number of H-pyrrole nitrogens is 1. The summed E-state index contributed by atoms with van der Waals surface area (Å²) < 4.78 is 1.43. The fourth-order valence-electron chi connectivity index (χ4n) is 2.37. The summed E-state index contributed by atoms with van der Waals surface area (Å²) in [5, 5.41) is 15.9. The summed E-state index contributed by atoms with van der Waals surface area (Å²) in [5.74, 6) is 0.896. The standard InChI is InChI=1S/C13H17N5O2S/c1-18-12(15-10(19)11(20)17-18)21-7-13(6-14,8-2-3-8)16-9-4-5-9/h8-9,16H,2-5,7H2,1H3,(H,17,20). The van der Waals surface area contributed by atoms with Crippen LogP contribution < -0.4 is 16.4 Å². The molecule has 2 saturated carbocycles. The van der Waals surface area contributed by atoms with Gasteiger partial charge in [0.1, 0.15) is 5.54 Å². The number of hydrogen-bond donors (Lipinski definition) is 2. The topological polar surface area (TPSA) is 104 Å². The van der Waals surface area contributed by atoms with Gasteiger partial charge in [0.15, 0.2) is 5.16 Å². The number of nitrogens with zero attached hydrogens (tertiary/aromatic N) is 3. The van der Waals surface area contributed by atoms with Crippen molar-refractivity contribution in [2.45, 2.75) is 42.4 Å². The Kier molecular flexibility index (Phi) is 3.63. The van der Waals surface area contributed by atoms with Crippen LogP contribution in [0, 0.1) is 17.2 Å². The van der Waals surface area contributed by atoms with E-state index in [0.717, 1.165) is 25.7 Å². The average Bonchev–Trinajstić information content (AvgIpc) is 3.33. The van der Waals surface area contributed by atoms with Crippen LogP contribution in [0.1, 0.15) is 25.7 Å². The van der Waals surface area contributed by atoms with Crippen LogP contribution in [0.5, 0.6) is 0 Å². The molecule has 1 heterocycles. The predicted octanol–water partition coefficient (Wildman–Crippen LogP) is -0.0149. The fourth-order valence-corrected chi connectivity index (χ4v) is 3.50. The summed E-state index contributed by atoms with van der Waals surface area (Å²) in [6.07, 6.45) is 4.37. The van der Waals surface area contributed by atoms with Gasteiger partial charge in [-0.05, 0) is 31.6 Å². The van der Waals surface area contributed by atoms with Crippen LogP contribution in [0.25, 0.3) is 0 Å². The minimum Gasteiger partial charge on any atom is -0.296 e. The monoisotopic (exact) mass is 307 g/mol. The molecule has 2 N–H and O–H groups in total. The molecule has 8 heteroatoms. The summed E-state index contributed by atoms with van der Waals surface area (Å²) in [5.41, 5.74) is -2.08. The van der Waals surface area contributed by atoms with Gasteiger partial charge in [0.05, 0.1) is 6.07 Å². The highest BCUT2D eigenvalue weighted by atomic mass is 32.2. The average molecular weight is 307 g/mol. The molecule has 2 aliphatic rings. The SMILES string of the molecule is Cn1[nH]c(=O)c(=O)nc1SCC(C#N)(NC1CC1)C1CC1. The number of hydrogen-bond acceptors (Lipinski definition) is 6. The number of aromatic amines is 1. The van der Waals surface area contributed by atoms with E-state index < -0.39 is 16.7 Å². The molecule has 0 aliphatic heterocycles. The molecule has 1 aromatic rings. The molecule has 3 rings (SSSR count). The van der Waals surface area contributed by atoms with E-state index in [1.54, 1.807) is 7.05 Å². The second-order valence-corrected chi connectivity index (χ2v) is 6.71. The first kappa shape index (κ1) is 14.4. The van der Waals surface area contributed by atoms with E-state index in [1.807, 2.05) is 0 Å². The summed E-state index contributed by atoms with van der Waals surface area (Å²) in [4.78, 5) is 26.3. The highest BCUT2D eigenvalue weighted by Gasteiger charge is 2.48. The summed E-state index contributed by atoms with van der Waals surface area (Å²) in [6, 6.07) is 2.89. The summed E-state index contributed by atoms with van der Waals surface area (Å²) in [6.45, 7) is 0. The van der Waals surface area contributed by atoms with Gasteiger partial charge in [0.25, 0.3) is 0 Å². The van der Waals surface area contributed by atoms with E-state index in [1.165, 1.54) is 16.4 Å². The number of thioether (sulfide) groups is 1. The number of aryl methyl sites for hydroxylation is 1. The third-order valence-electron chi connectivity index (χ3n) is 3.89. The largest absolute Gasteiger partial charge is 0.339 e. The van der Waals surface area contributed by atoms with Gasteiger partial charge in [-0.25, -0.2) is 0 Å². The number of nitrogens with one attached hydrogen (secondary N) is 2. The van der Waals surface area contributed by atoms with Crippen molar-refractivity contribution in [1.29, 1.82) is 5.26 Å². The molecular weight excluding hydrogens is 290 g/mol. The van der Waals surface area contributed by atoms with E-state index in [0.29, 0.717) is 22.9 Å². The lowest BCUT2D eigenvalue weighted by Gasteiger charge is -2.27. The Labute approximate surface area is 125 Å². The maximum atomic E-state index is 11.4.